The number of benzene rings is 1. The van der Waals surface area contributed by atoms with Crippen LogP contribution in [0.25, 0.3) is 11.3 Å². The largest absolute Gasteiger partial charge is 0.481 e. The average molecular weight is 273 g/mol. The van der Waals surface area contributed by atoms with Gasteiger partial charge in [-0.15, -0.1) is 0 Å². The summed E-state index contributed by atoms with van der Waals surface area (Å²) in [7, 11) is 0. The summed E-state index contributed by atoms with van der Waals surface area (Å²) >= 11 is 0. The van der Waals surface area contributed by atoms with E-state index in [0.29, 0.717) is 0 Å². The zero-order valence-corrected chi connectivity index (χ0v) is 11.4. The second-order valence-corrected chi connectivity index (χ2v) is 4.79. The van der Waals surface area contributed by atoms with Crippen molar-refractivity contribution in [3.8, 4) is 11.3 Å². The number of aromatic nitrogens is 1. The molecule has 106 valence electrons. The van der Waals surface area contributed by atoms with Crippen LogP contribution in [0, 0.1) is 0 Å². The third kappa shape index (κ3) is 4.53. The molecule has 0 saturated heterocycles. The number of aliphatic carboxylic acids is 1. The minimum atomic E-state index is -0.717. The molecule has 1 aromatic carbocycles. The fourth-order valence-electron chi connectivity index (χ4n) is 2.07. The maximum atomic E-state index is 10.4. The third-order valence-electron chi connectivity index (χ3n) is 3.14. The minimum absolute atomic E-state index is 0.261. The van der Waals surface area contributed by atoms with Gasteiger partial charge in [-0.05, 0) is 12.8 Å². The number of carbonyl (C=O) groups is 1. The van der Waals surface area contributed by atoms with Crippen LogP contribution in [-0.4, -0.2) is 16.1 Å². The Balaban J connectivity index is 1.72. The lowest BCUT2D eigenvalue weighted by Gasteiger charge is -1.98. The molecule has 4 heteroatoms. The number of aryl methyl sites for hydroxylation is 1. The zero-order chi connectivity index (χ0) is 14.2. The van der Waals surface area contributed by atoms with Crippen LogP contribution in [-0.2, 0) is 11.2 Å². The van der Waals surface area contributed by atoms with Crippen molar-refractivity contribution in [2.45, 2.75) is 38.5 Å². The fourth-order valence-corrected chi connectivity index (χ4v) is 2.07. The molecular formula is C16H19NO3. The highest BCUT2D eigenvalue weighted by Gasteiger charge is 2.05. The van der Waals surface area contributed by atoms with Gasteiger partial charge in [0.1, 0.15) is 0 Å². The number of rotatable bonds is 8. The van der Waals surface area contributed by atoms with E-state index in [2.05, 4.69) is 4.98 Å². The molecule has 0 bridgehead atoms. The average Bonchev–Trinajstić information content (AvgIpc) is 2.92. The van der Waals surface area contributed by atoms with Crippen LogP contribution in [0.1, 0.15) is 38.0 Å². The van der Waals surface area contributed by atoms with E-state index in [0.717, 1.165) is 49.3 Å². The maximum Gasteiger partial charge on any atom is 0.303 e. The number of carboxylic acid groups (broad SMARTS) is 1. The van der Waals surface area contributed by atoms with E-state index in [9.17, 15) is 4.79 Å². The summed E-state index contributed by atoms with van der Waals surface area (Å²) in [6, 6.07) is 9.91. The van der Waals surface area contributed by atoms with Crippen LogP contribution >= 0.6 is 0 Å². The molecule has 0 radical (unpaired) electrons. The molecule has 1 heterocycles. The molecule has 2 aromatic rings. The first-order valence-corrected chi connectivity index (χ1v) is 6.97. The zero-order valence-electron chi connectivity index (χ0n) is 11.4. The van der Waals surface area contributed by atoms with Gasteiger partial charge in [-0.2, -0.15) is 0 Å². The second kappa shape index (κ2) is 7.48. The monoisotopic (exact) mass is 273 g/mol. The Morgan fingerprint density at radius 1 is 1.10 bits per heavy atom. The van der Waals surface area contributed by atoms with E-state index in [-0.39, 0.29) is 6.42 Å². The van der Waals surface area contributed by atoms with Gasteiger partial charge in [-0.3, -0.25) is 4.79 Å². The fraction of sp³-hybridized carbons (Fsp3) is 0.375. The van der Waals surface area contributed by atoms with Gasteiger partial charge in [0.2, 0.25) is 0 Å². The molecule has 1 N–H and O–H groups in total. The van der Waals surface area contributed by atoms with Gasteiger partial charge in [0.15, 0.2) is 11.7 Å². The van der Waals surface area contributed by atoms with Crippen molar-refractivity contribution in [2.75, 3.05) is 0 Å². The van der Waals surface area contributed by atoms with Crippen molar-refractivity contribution >= 4 is 5.97 Å². The van der Waals surface area contributed by atoms with Crippen molar-refractivity contribution < 1.29 is 14.3 Å². The van der Waals surface area contributed by atoms with Gasteiger partial charge < -0.3 is 9.52 Å². The molecule has 0 aliphatic carbocycles. The molecule has 20 heavy (non-hydrogen) atoms. The van der Waals surface area contributed by atoms with Gasteiger partial charge in [-0.25, -0.2) is 4.98 Å². The van der Waals surface area contributed by atoms with Gasteiger partial charge in [0, 0.05) is 18.4 Å². The summed E-state index contributed by atoms with van der Waals surface area (Å²) in [5.74, 6) is 0.832. The molecular weight excluding hydrogens is 254 g/mol. The van der Waals surface area contributed by atoms with Crippen LogP contribution in [0.5, 0.6) is 0 Å². The van der Waals surface area contributed by atoms with Gasteiger partial charge in [0.05, 0.1) is 6.20 Å². The van der Waals surface area contributed by atoms with Gasteiger partial charge in [-0.1, -0.05) is 43.2 Å². The highest BCUT2D eigenvalue weighted by Crippen LogP contribution is 2.20. The number of unbranched alkanes of at least 4 members (excludes halogenated alkanes) is 3. The lowest BCUT2D eigenvalue weighted by atomic mass is 10.1. The summed E-state index contributed by atoms with van der Waals surface area (Å²) in [4.78, 5) is 14.6. The molecule has 0 spiro atoms. The smallest absolute Gasteiger partial charge is 0.303 e. The summed E-state index contributed by atoms with van der Waals surface area (Å²) < 4.78 is 5.71. The van der Waals surface area contributed by atoms with Crippen molar-refractivity contribution in [3.63, 3.8) is 0 Å². The van der Waals surface area contributed by atoms with Crippen LogP contribution in [0.15, 0.2) is 40.9 Å². The molecule has 0 aliphatic rings. The van der Waals surface area contributed by atoms with E-state index in [1.165, 1.54) is 0 Å². The summed E-state index contributed by atoms with van der Waals surface area (Å²) in [6.07, 6.45) is 6.51. The van der Waals surface area contributed by atoms with E-state index >= 15 is 0 Å². The van der Waals surface area contributed by atoms with Crippen molar-refractivity contribution in [3.05, 3.63) is 42.4 Å². The number of hydrogen-bond donors (Lipinski definition) is 1. The Hall–Kier alpha value is -2.10. The number of nitrogens with zero attached hydrogens (tertiary/aromatic N) is 1. The molecule has 0 fully saturated rings. The Bertz CT molecular complexity index is 534. The molecule has 0 saturated carbocycles. The summed E-state index contributed by atoms with van der Waals surface area (Å²) in [6.45, 7) is 0. The lowest BCUT2D eigenvalue weighted by Crippen LogP contribution is -1.94. The Morgan fingerprint density at radius 2 is 1.85 bits per heavy atom. The molecule has 1 aromatic heterocycles. The molecule has 0 amide bonds. The SMILES string of the molecule is O=C(O)CCCCCCc1ncc(-c2ccccc2)o1. The quantitative estimate of drug-likeness (QED) is 0.740. The Labute approximate surface area is 118 Å². The first kappa shape index (κ1) is 14.3. The first-order chi connectivity index (χ1) is 9.75. The molecule has 4 nitrogen and oxygen atoms in total. The van der Waals surface area contributed by atoms with E-state index < -0.39 is 5.97 Å². The summed E-state index contributed by atoms with van der Waals surface area (Å²) in [5, 5.41) is 8.53. The Morgan fingerprint density at radius 3 is 2.60 bits per heavy atom. The molecule has 0 unspecified atom stereocenters. The van der Waals surface area contributed by atoms with Crippen molar-refractivity contribution in [2.24, 2.45) is 0 Å². The van der Waals surface area contributed by atoms with Crippen LogP contribution in [0.3, 0.4) is 0 Å². The van der Waals surface area contributed by atoms with Gasteiger partial charge in [0.25, 0.3) is 0 Å². The first-order valence-electron chi connectivity index (χ1n) is 6.97. The van der Waals surface area contributed by atoms with Crippen LogP contribution in [0.4, 0.5) is 0 Å². The van der Waals surface area contributed by atoms with E-state index in [1.807, 2.05) is 30.3 Å². The standard InChI is InChI=1S/C16H19NO3/c18-16(19)11-7-2-1-6-10-15-17-12-14(20-15)13-8-4-3-5-9-13/h3-5,8-9,12H,1-2,6-7,10-11H2,(H,18,19). The highest BCUT2D eigenvalue weighted by atomic mass is 16.4. The second-order valence-electron chi connectivity index (χ2n) is 4.79. The van der Waals surface area contributed by atoms with Gasteiger partial charge >= 0.3 is 5.97 Å². The molecule has 0 aliphatic heterocycles. The number of hydrogen-bond acceptors (Lipinski definition) is 3. The van der Waals surface area contributed by atoms with E-state index in [1.54, 1.807) is 6.20 Å². The predicted octanol–water partition coefficient (Wildman–Crippen LogP) is 3.92. The predicted molar refractivity (Wildman–Crippen MR) is 76.4 cm³/mol. The number of oxazole rings is 1. The van der Waals surface area contributed by atoms with Crippen LogP contribution in [0.2, 0.25) is 0 Å². The van der Waals surface area contributed by atoms with E-state index in [4.69, 9.17) is 9.52 Å². The third-order valence-corrected chi connectivity index (χ3v) is 3.14. The summed E-state index contributed by atoms with van der Waals surface area (Å²) in [5.41, 5.74) is 1.03. The topological polar surface area (TPSA) is 63.3 Å². The minimum Gasteiger partial charge on any atom is -0.481 e. The Kier molecular flexibility index (Phi) is 5.35. The molecule has 2 rings (SSSR count). The lowest BCUT2D eigenvalue weighted by molar-refractivity contribution is -0.137. The highest BCUT2D eigenvalue weighted by molar-refractivity contribution is 5.66. The normalized spacial score (nSPS) is 10.6. The van der Waals surface area contributed by atoms with Crippen molar-refractivity contribution in [1.29, 1.82) is 0 Å². The van der Waals surface area contributed by atoms with Crippen molar-refractivity contribution in [1.82, 2.24) is 4.98 Å². The maximum absolute atomic E-state index is 10.4. The number of carboxylic acids is 1. The van der Waals surface area contributed by atoms with Crippen LogP contribution < -0.4 is 0 Å². The molecule has 0 atom stereocenters.